The van der Waals surface area contributed by atoms with Gasteiger partial charge in [-0.2, -0.15) is 4.39 Å². The number of hydrogen-bond acceptors (Lipinski definition) is 8. The Labute approximate surface area is 262 Å². The van der Waals surface area contributed by atoms with Crippen LogP contribution in [0.3, 0.4) is 0 Å². The van der Waals surface area contributed by atoms with Crippen LogP contribution in [-0.4, -0.2) is 14.9 Å². The predicted molar refractivity (Wildman–Crippen MR) is 176 cm³/mol. The van der Waals surface area contributed by atoms with Crippen molar-refractivity contribution in [1.82, 2.24) is 9.97 Å². The van der Waals surface area contributed by atoms with Crippen molar-refractivity contribution in [2.45, 2.75) is 25.3 Å². The number of hydrogen-bond donors (Lipinski definition) is 2. The summed E-state index contributed by atoms with van der Waals surface area (Å²) in [6, 6.07) is 33.4. The van der Waals surface area contributed by atoms with Gasteiger partial charge in [0.1, 0.15) is 11.0 Å². The molecule has 1 unspecified atom stereocenters. The van der Waals surface area contributed by atoms with Crippen LogP contribution in [0.5, 0.6) is 0 Å². The lowest BCUT2D eigenvalue weighted by Gasteiger charge is -2.27. The molecule has 0 saturated carbocycles. The second kappa shape index (κ2) is 12.2. The minimum atomic E-state index is -0.884. The van der Waals surface area contributed by atoms with Gasteiger partial charge in [-0.05, 0) is 85.0 Å². The number of nitrogens with zero attached hydrogens (tertiary/aromatic N) is 3. The fraction of sp³-hybridized carbons (Fsp3) is 0.111. The van der Waals surface area contributed by atoms with Crippen LogP contribution in [0.25, 0.3) is 45.1 Å². The molecule has 9 nitrogen and oxygen atoms in total. The lowest BCUT2D eigenvalue weighted by atomic mass is 9.87. The van der Waals surface area contributed by atoms with Crippen molar-refractivity contribution in [3.63, 3.8) is 0 Å². The van der Waals surface area contributed by atoms with Gasteiger partial charge < -0.3 is 19.9 Å². The number of nitrogen functional groups attached to an aromatic ring is 1. The summed E-state index contributed by atoms with van der Waals surface area (Å²) in [5.74, 6) is -0.0633. The monoisotopic (exact) mass is 613 g/mol. The molecule has 0 spiro atoms. The first-order chi connectivity index (χ1) is 22.4. The molecular formula is C36H28FN5O4. The van der Waals surface area contributed by atoms with E-state index in [2.05, 4.69) is 39.6 Å². The number of nitrogens with two attached hydrogens (primary N) is 1. The number of nitro groups is 1. The van der Waals surface area contributed by atoms with Gasteiger partial charge in [-0.15, -0.1) is 0 Å². The van der Waals surface area contributed by atoms with Gasteiger partial charge in [-0.25, -0.2) is 9.97 Å². The summed E-state index contributed by atoms with van der Waals surface area (Å²) in [6.45, 7) is 0. The van der Waals surface area contributed by atoms with Gasteiger partial charge in [-0.1, -0.05) is 48.5 Å². The molecule has 0 bridgehead atoms. The molecule has 2 heterocycles. The third-order valence-electron chi connectivity index (χ3n) is 7.98. The van der Waals surface area contributed by atoms with Crippen molar-refractivity contribution in [1.29, 1.82) is 0 Å². The van der Waals surface area contributed by atoms with E-state index < -0.39 is 16.4 Å². The van der Waals surface area contributed by atoms with Crippen LogP contribution < -0.4 is 11.1 Å². The molecule has 10 heteroatoms. The first kappa shape index (κ1) is 28.7. The van der Waals surface area contributed by atoms with Gasteiger partial charge in [0.2, 0.25) is 17.6 Å². The molecule has 1 atom stereocenters. The zero-order valence-electron chi connectivity index (χ0n) is 24.5. The summed E-state index contributed by atoms with van der Waals surface area (Å²) in [4.78, 5) is 18.7. The van der Waals surface area contributed by atoms with E-state index in [-0.39, 0.29) is 5.89 Å². The average molecular weight is 614 g/mol. The van der Waals surface area contributed by atoms with E-state index in [1.165, 1.54) is 23.6 Å². The van der Waals surface area contributed by atoms with E-state index >= 15 is 0 Å². The molecule has 1 aliphatic rings. The van der Waals surface area contributed by atoms with Crippen LogP contribution in [0, 0.1) is 15.9 Å². The molecule has 5 aromatic carbocycles. The van der Waals surface area contributed by atoms with Gasteiger partial charge in [-0.3, -0.25) is 10.1 Å². The Hall–Kier alpha value is -6.03. The maximum atomic E-state index is 13.2. The Morgan fingerprint density at radius 3 is 2.07 bits per heavy atom. The highest BCUT2D eigenvalue weighted by atomic mass is 19.1. The molecule has 1 aliphatic carbocycles. The van der Waals surface area contributed by atoms with Gasteiger partial charge in [0.05, 0.1) is 22.3 Å². The Bertz CT molecular complexity index is 2140. The molecule has 2 aromatic heterocycles. The van der Waals surface area contributed by atoms with Crippen molar-refractivity contribution in [3.8, 4) is 22.9 Å². The fourth-order valence-electron chi connectivity index (χ4n) is 5.70. The van der Waals surface area contributed by atoms with Gasteiger partial charge >= 0.3 is 5.69 Å². The minimum Gasteiger partial charge on any atom is -0.436 e. The van der Waals surface area contributed by atoms with E-state index in [9.17, 15) is 14.5 Å². The summed E-state index contributed by atoms with van der Waals surface area (Å²) in [5.41, 5.74) is 14.3. The van der Waals surface area contributed by atoms with Crippen LogP contribution in [0.15, 0.2) is 118 Å². The van der Waals surface area contributed by atoms with E-state index in [1.54, 1.807) is 18.2 Å². The van der Waals surface area contributed by atoms with Crippen molar-refractivity contribution in [2.75, 3.05) is 11.1 Å². The largest absolute Gasteiger partial charge is 0.436 e. The fourth-order valence-corrected chi connectivity index (χ4v) is 5.70. The van der Waals surface area contributed by atoms with E-state index in [4.69, 9.17) is 14.6 Å². The van der Waals surface area contributed by atoms with Crippen molar-refractivity contribution < 1.29 is 18.1 Å². The number of aromatic nitrogens is 2. The van der Waals surface area contributed by atoms with E-state index in [1.807, 2.05) is 48.5 Å². The standard InChI is InChI=1S/C23H21N3O.C13H7FN2O3/c24-18-14-16(23-26-21-9-3-4-11-22(21)27-23)12-13-20(18)25-19-10-5-7-15-6-1-2-8-17(15)19;14-9-6-5-8(7-11(9)16(17)18)13-15-10-3-1-2-4-12(10)19-13/h1-4,6,8-9,11-14,19,25H,5,7,10,24H2;1-7H. The molecule has 228 valence electrons. The SMILES string of the molecule is Nc1cc(-c2nc3ccccc3o2)ccc1NC1CCCc2ccccc21.O=[N+]([O-])c1cc(-c2nc3ccccc3o2)ccc1F. The van der Waals surface area contributed by atoms with Gasteiger partial charge in [0.15, 0.2) is 11.2 Å². The minimum absolute atomic E-state index is 0.226. The van der Waals surface area contributed by atoms with Gasteiger partial charge in [0.25, 0.3) is 0 Å². The topological polar surface area (TPSA) is 133 Å². The van der Waals surface area contributed by atoms with Crippen LogP contribution in [-0.2, 0) is 6.42 Å². The highest BCUT2D eigenvalue weighted by molar-refractivity contribution is 5.79. The van der Waals surface area contributed by atoms with Crippen LogP contribution in [0.1, 0.15) is 30.0 Å². The van der Waals surface area contributed by atoms with E-state index in [0.29, 0.717) is 34.3 Å². The first-order valence-corrected chi connectivity index (χ1v) is 14.8. The summed E-state index contributed by atoms with van der Waals surface area (Å²) in [7, 11) is 0. The molecule has 0 radical (unpaired) electrons. The number of aryl methyl sites for hydroxylation is 1. The molecule has 0 aliphatic heterocycles. The number of anilines is 2. The number of rotatable bonds is 5. The second-order valence-electron chi connectivity index (χ2n) is 11.0. The molecule has 7 aromatic rings. The molecule has 0 fully saturated rings. The lowest BCUT2D eigenvalue weighted by molar-refractivity contribution is -0.387. The highest BCUT2D eigenvalue weighted by Crippen LogP contribution is 2.36. The van der Waals surface area contributed by atoms with Crippen LogP contribution in [0.4, 0.5) is 21.5 Å². The summed E-state index contributed by atoms with van der Waals surface area (Å²) < 4.78 is 24.6. The van der Waals surface area contributed by atoms with Crippen molar-refractivity contribution >= 4 is 39.3 Å². The summed E-state index contributed by atoms with van der Waals surface area (Å²) >= 11 is 0. The zero-order chi connectivity index (χ0) is 31.6. The number of benzene rings is 5. The van der Waals surface area contributed by atoms with Gasteiger partial charge in [0, 0.05) is 17.2 Å². The third-order valence-corrected chi connectivity index (χ3v) is 7.98. The molecule has 8 rings (SSSR count). The normalized spacial score (nSPS) is 14.0. The number of nitrogens with one attached hydrogen (secondary N) is 1. The molecule has 3 N–H and O–H groups in total. The Morgan fingerprint density at radius 1 is 0.804 bits per heavy atom. The van der Waals surface area contributed by atoms with Crippen LogP contribution >= 0.6 is 0 Å². The zero-order valence-corrected chi connectivity index (χ0v) is 24.5. The number of fused-ring (bicyclic) bond motifs is 3. The summed E-state index contributed by atoms with van der Waals surface area (Å²) in [5, 5.41) is 14.3. The number of para-hydroxylation sites is 4. The molecule has 46 heavy (non-hydrogen) atoms. The van der Waals surface area contributed by atoms with Crippen LogP contribution in [0.2, 0.25) is 0 Å². The summed E-state index contributed by atoms with van der Waals surface area (Å²) in [6.07, 6.45) is 3.46. The molecular weight excluding hydrogens is 585 g/mol. The number of nitro benzene ring substituents is 1. The van der Waals surface area contributed by atoms with Crippen molar-refractivity contribution in [3.05, 3.63) is 136 Å². The lowest BCUT2D eigenvalue weighted by Crippen LogP contribution is -2.17. The Balaban J connectivity index is 0.000000157. The third kappa shape index (κ3) is 5.75. The first-order valence-electron chi connectivity index (χ1n) is 14.8. The number of halogens is 1. The maximum absolute atomic E-state index is 13.2. The smallest absolute Gasteiger partial charge is 0.305 e. The average Bonchev–Trinajstić information content (AvgIpc) is 3.71. The second-order valence-corrected chi connectivity index (χ2v) is 11.0. The maximum Gasteiger partial charge on any atom is 0.305 e. The number of oxazole rings is 2. The highest BCUT2D eigenvalue weighted by Gasteiger charge is 2.21. The predicted octanol–water partition coefficient (Wildman–Crippen LogP) is 9.11. The molecule has 0 saturated heterocycles. The molecule has 0 amide bonds. The van der Waals surface area contributed by atoms with Crippen molar-refractivity contribution in [2.24, 2.45) is 0 Å². The quantitative estimate of drug-likeness (QED) is 0.112. The van der Waals surface area contributed by atoms with E-state index in [0.717, 1.165) is 47.3 Å². The Kier molecular flexibility index (Phi) is 7.59. The Morgan fingerprint density at radius 2 is 1.41 bits per heavy atom.